The van der Waals surface area contributed by atoms with Gasteiger partial charge in [-0.15, -0.1) is 0 Å². The van der Waals surface area contributed by atoms with Crippen LogP contribution in [-0.4, -0.2) is 18.1 Å². The van der Waals surface area contributed by atoms with Crippen LogP contribution in [-0.2, 0) is 6.42 Å². The van der Waals surface area contributed by atoms with Crippen molar-refractivity contribution in [3.05, 3.63) is 35.6 Å². The zero-order valence-electron chi connectivity index (χ0n) is 7.66. The minimum atomic E-state index is -0.154. The number of hydrogen-bond acceptors (Lipinski definition) is 2. The molecule has 0 aliphatic heterocycles. The van der Waals surface area contributed by atoms with Crippen molar-refractivity contribution in [2.75, 3.05) is 12.0 Å². The number of hydrogen-bond donors (Lipinski definition) is 1. The summed E-state index contributed by atoms with van der Waals surface area (Å²) in [5.74, 6) is 0.716. The molecule has 13 heavy (non-hydrogen) atoms. The lowest BCUT2D eigenvalue weighted by Gasteiger charge is -2.09. The van der Waals surface area contributed by atoms with E-state index in [1.54, 1.807) is 23.9 Å². The third-order valence-electron chi connectivity index (χ3n) is 1.82. The molecule has 0 radical (unpaired) electrons. The minimum absolute atomic E-state index is 0.0481. The predicted octanol–water partition coefficient (Wildman–Crippen LogP) is 2.06. The van der Waals surface area contributed by atoms with Crippen molar-refractivity contribution in [2.24, 2.45) is 5.73 Å². The van der Waals surface area contributed by atoms with Gasteiger partial charge < -0.3 is 5.73 Å². The van der Waals surface area contributed by atoms with Crippen molar-refractivity contribution in [2.45, 2.75) is 12.5 Å². The maximum atomic E-state index is 13.1. The molecule has 0 saturated heterocycles. The van der Waals surface area contributed by atoms with Gasteiger partial charge in [0.25, 0.3) is 0 Å². The SMILES string of the molecule is CSCC(N)Cc1ccccc1F. The minimum Gasteiger partial charge on any atom is -0.327 e. The van der Waals surface area contributed by atoms with Crippen LogP contribution in [0.2, 0.25) is 0 Å². The summed E-state index contributed by atoms with van der Waals surface area (Å²) in [4.78, 5) is 0. The molecule has 1 atom stereocenters. The Kier molecular flexibility index (Phi) is 4.25. The zero-order valence-corrected chi connectivity index (χ0v) is 8.48. The molecule has 0 amide bonds. The molecule has 0 fully saturated rings. The largest absolute Gasteiger partial charge is 0.327 e. The molecule has 0 spiro atoms. The van der Waals surface area contributed by atoms with Gasteiger partial charge in [-0.1, -0.05) is 18.2 Å². The summed E-state index contributed by atoms with van der Waals surface area (Å²) < 4.78 is 13.1. The van der Waals surface area contributed by atoms with Gasteiger partial charge in [0, 0.05) is 11.8 Å². The number of nitrogens with two attached hydrogens (primary N) is 1. The van der Waals surface area contributed by atoms with Gasteiger partial charge in [-0.05, 0) is 24.3 Å². The second-order valence-electron chi connectivity index (χ2n) is 3.01. The maximum absolute atomic E-state index is 13.1. The molecule has 1 unspecified atom stereocenters. The van der Waals surface area contributed by atoms with Crippen LogP contribution in [0.1, 0.15) is 5.56 Å². The van der Waals surface area contributed by atoms with Crippen LogP contribution in [0.3, 0.4) is 0 Å². The third kappa shape index (κ3) is 3.36. The maximum Gasteiger partial charge on any atom is 0.126 e. The lowest BCUT2D eigenvalue weighted by Crippen LogP contribution is -2.25. The Bertz CT molecular complexity index is 265. The summed E-state index contributed by atoms with van der Waals surface area (Å²) in [7, 11) is 0. The van der Waals surface area contributed by atoms with Crippen LogP contribution in [0, 0.1) is 5.82 Å². The number of thioether (sulfide) groups is 1. The molecule has 0 heterocycles. The molecule has 1 aromatic carbocycles. The smallest absolute Gasteiger partial charge is 0.126 e. The zero-order chi connectivity index (χ0) is 9.68. The molecular formula is C10H14FNS. The lowest BCUT2D eigenvalue weighted by molar-refractivity contribution is 0.597. The molecule has 0 aliphatic rings. The molecule has 0 aromatic heterocycles. The van der Waals surface area contributed by atoms with E-state index in [2.05, 4.69) is 0 Å². The van der Waals surface area contributed by atoms with Gasteiger partial charge in [0.05, 0.1) is 0 Å². The van der Waals surface area contributed by atoms with E-state index in [1.807, 2.05) is 12.3 Å². The third-order valence-corrected chi connectivity index (χ3v) is 2.58. The molecule has 0 saturated carbocycles. The first-order valence-electron chi connectivity index (χ1n) is 4.22. The van der Waals surface area contributed by atoms with Gasteiger partial charge >= 0.3 is 0 Å². The quantitative estimate of drug-likeness (QED) is 0.803. The second kappa shape index (κ2) is 5.25. The Labute approximate surface area is 82.5 Å². The summed E-state index contributed by atoms with van der Waals surface area (Å²) in [5, 5.41) is 0. The standard InChI is InChI=1S/C10H14FNS/c1-13-7-9(12)6-8-4-2-3-5-10(8)11/h2-5,9H,6-7,12H2,1H3. The lowest BCUT2D eigenvalue weighted by atomic mass is 10.1. The van der Waals surface area contributed by atoms with Crippen LogP contribution in [0.25, 0.3) is 0 Å². The number of halogens is 1. The van der Waals surface area contributed by atoms with Crippen LogP contribution in [0.5, 0.6) is 0 Å². The fourth-order valence-electron chi connectivity index (χ4n) is 1.22. The second-order valence-corrected chi connectivity index (χ2v) is 3.92. The highest BCUT2D eigenvalue weighted by Crippen LogP contribution is 2.09. The molecule has 72 valence electrons. The highest BCUT2D eigenvalue weighted by Gasteiger charge is 2.06. The Morgan fingerprint density at radius 3 is 2.77 bits per heavy atom. The molecule has 0 aliphatic carbocycles. The molecule has 1 nitrogen and oxygen atoms in total. The van der Waals surface area contributed by atoms with Gasteiger partial charge in [-0.3, -0.25) is 0 Å². The Morgan fingerprint density at radius 1 is 1.46 bits per heavy atom. The van der Waals surface area contributed by atoms with E-state index in [9.17, 15) is 4.39 Å². The Hall–Kier alpha value is -0.540. The first-order valence-corrected chi connectivity index (χ1v) is 5.61. The number of benzene rings is 1. The Morgan fingerprint density at radius 2 is 2.15 bits per heavy atom. The first-order chi connectivity index (χ1) is 6.24. The van der Waals surface area contributed by atoms with Gasteiger partial charge in [-0.25, -0.2) is 4.39 Å². The topological polar surface area (TPSA) is 26.0 Å². The van der Waals surface area contributed by atoms with Gasteiger partial charge in [0.2, 0.25) is 0 Å². The average Bonchev–Trinajstić information content (AvgIpc) is 2.09. The van der Waals surface area contributed by atoms with Crippen molar-refractivity contribution >= 4 is 11.8 Å². The molecule has 2 N–H and O–H groups in total. The molecular weight excluding hydrogens is 185 g/mol. The summed E-state index contributed by atoms with van der Waals surface area (Å²) in [6.45, 7) is 0. The van der Waals surface area contributed by atoms with E-state index in [1.165, 1.54) is 6.07 Å². The van der Waals surface area contributed by atoms with Crippen LogP contribution < -0.4 is 5.73 Å². The van der Waals surface area contributed by atoms with Gasteiger partial charge in [0.15, 0.2) is 0 Å². The van der Waals surface area contributed by atoms with Crippen LogP contribution in [0.4, 0.5) is 4.39 Å². The van der Waals surface area contributed by atoms with Crippen molar-refractivity contribution < 1.29 is 4.39 Å². The van der Waals surface area contributed by atoms with E-state index in [-0.39, 0.29) is 11.9 Å². The fourth-order valence-corrected chi connectivity index (χ4v) is 1.77. The summed E-state index contributed by atoms with van der Waals surface area (Å²) in [6, 6.07) is 6.84. The predicted molar refractivity (Wildman–Crippen MR) is 56.5 cm³/mol. The van der Waals surface area contributed by atoms with Crippen molar-refractivity contribution in [1.29, 1.82) is 0 Å². The highest BCUT2D eigenvalue weighted by atomic mass is 32.2. The van der Waals surface area contributed by atoms with E-state index >= 15 is 0 Å². The van der Waals surface area contributed by atoms with Gasteiger partial charge in [-0.2, -0.15) is 11.8 Å². The summed E-state index contributed by atoms with van der Waals surface area (Å²) in [6.07, 6.45) is 2.62. The molecule has 1 rings (SSSR count). The van der Waals surface area contributed by atoms with E-state index < -0.39 is 0 Å². The molecule has 0 bridgehead atoms. The highest BCUT2D eigenvalue weighted by molar-refractivity contribution is 7.98. The monoisotopic (exact) mass is 199 g/mol. The normalized spacial score (nSPS) is 12.8. The Balaban J connectivity index is 2.58. The first kappa shape index (κ1) is 10.5. The van der Waals surface area contributed by atoms with Crippen molar-refractivity contribution in [3.63, 3.8) is 0 Å². The van der Waals surface area contributed by atoms with E-state index in [4.69, 9.17) is 5.73 Å². The van der Waals surface area contributed by atoms with Crippen LogP contribution >= 0.6 is 11.8 Å². The average molecular weight is 199 g/mol. The molecule has 1 aromatic rings. The van der Waals surface area contributed by atoms with Gasteiger partial charge in [0.1, 0.15) is 5.82 Å². The number of rotatable bonds is 4. The molecule has 3 heteroatoms. The van der Waals surface area contributed by atoms with Crippen molar-refractivity contribution in [3.8, 4) is 0 Å². The van der Waals surface area contributed by atoms with E-state index in [0.29, 0.717) is 12.0 Å². The van der Waals surface area contributed by atoms with Crippen molar-refractivity contribution in [1.82, 2.24) is 0 Å². The fraction of sp³-hybridized carbons (Fsp3) is 0.400. The summed E-state index contributed by atoms with van der Waals surface area (Å²) in [5.41, 5.74) is 6.51. The van der Waals surface area contributed by atoms with E-state index in [0.717, 1.165) is 5.75 Å². The summed E-state index contributed by atoms with van der Waals surface area (Å²) >= 11 is 1.69. The van der Waals surface area contributed by atoms with Crippen LogP contribution in [0.15, 0.2) is 24.3 Å².